The summed E-state index contributed by atoms with van der Waals surface area (Å²) in [5.41, 5.74) is 3.40. The molecule has 0 saturated heterocycles. The second-order valence-electron chi connectivity index (χ2n) is 7.35. The largest absolute Gasteiger partial charge is 0.493 e. The molecule has 4 aromatic carbocycles. The summed E-state index contributed by atoms with van der Waals surface area (Å²) in [6.07, 6.45) is 5.26. The molecule has 2 heteroatoms. The first kappa shape index (κ1) is 19.9. The van der Waals surface area contributed by atoms with Crippen molar-refractivity contribution >= 4 is 16.8 Å². The normalized spacial score (nSPS) is 12.3. The van der Waals surface area contributed by atoms with Crippen LogP contribution in [0.3, 0.4) is 0 Å². The molecular formula is C28H26O2. The van der Waals surface area contributed by atoms with E-state index in [0.29, 0.717) is 13.0 Å². The minimum Gasteiger partial charge on any atom is -0.493 e. The van der Waals surface area contributed by atoms with Crippen molar-refractivity contribution in [2.24, 2.45) is 0 Å². The third-order valence-corrected chi connectivity index (χ3v) is 5.26. The maximum atomic E-state index is 10.4. The molecule has 1 N–H and O–H groups in total. The van der Waals surface area contributed by atoms with E-state index >= 15 is 0 Å². The van der Waals surface area contributed by atoms with Crippen molar-refractivity contribution in [3.05, 3.63) is 120 Å². The van der Waals surface area contributed by atoms with E-state index in [1.807, 2.05) is 48.5 Å². The summed E-state index contributed by atoms with van der Waals surface area (Å²) in [5, 5.41) is 12.7. The second-order valence-corrected chi connectivity index (χ2v) is 7.35. The van der Waals surface area contributed by atoms with Gasteiger partial charge < -0.3 is 9.84 Å². The molecule has 0 radical (unpaired) electrons. The van der Waals surface area contributed by atoms with Gasteiger partial charge in [-0.3, -0.25) is 0 Å². The van der Waals surface area contributed by atoms with Crippen molar-refractivity contribution in [2.75, 3.05) is 6.61 Å². The van der Waals surface area contributed by atoms with Crippen molar-refractivity contribution in [3.63, 3.8) is 0 Å². The topological polar surface area (TPSA) is 29.5 Å². The fourth-order valence-electron chi connectivity index (χ4n) is 3.65. The Balaban J connectivity index is 1.45. The first-order valence-electron chi connectivity index (χ1n) is 10.4. The van der Waals surface area contributed by atoms with Crippen LogP contribution in [0.15, 0.2) is 103 Å². The van der Waals surface area contributed by atoms with Crippen molar-refractivity contribution < 1.29 is 9.84 Å². The molecule has 30 heavy (non-hydrogen) atoms. The summed E-state index contributed by atoms with van der Waals surface area (Å²) in [6, 6.07) is 32.6. The van der Waals surface area contributed by atoms with Crippen LogP contribution in [0.25, 0.3) is 16.8 Å². The predicted molar refractivity (Wildman–Crippen MR) is 125 cm³/mol. The zero-order valence-electron chi connectivity index (χ0n) is 16.9. The highest BCUT2D eigenvalue weighted by Crippen LogP contribution is 2.30. The molecule has 4 aromatic rings. The maximum absolute atomic E-state index is 10.4. The number of ether oxygens (including phenoxy) is 1. The molecule has 0 spiro atoms. The SMILES string of the molecule is OC(CCOc1ccc(C/C=C/c2ccccc2)c2ccccc12)c1ccccc1. The lowest BCUT2D eigenvalue weighted by molar-refractivity contribution is 0.141. The summed E-state index contributed by atoms with van der Waals surface area (Å²) >= 11 is 0. The Morgan fingerprint density at radius 2 is 1.40 bits per heavy atom. The number of aliphatic hydroxyl groups is 1. The number of benzene rings is 4. The molecule has 0 saturated carbocycles. The second kappa shape index (κ2) is 9.91. The lowest BCUT2D eigenvalue weighted by atomic mass is 10.0. The molecular weight excluding hydrogens is 368 g/mol. The van der Waals surface area contributed by atoms with Crippen LogP contribution in [0, 0.1) is 0 Å². The van der Waals surface area contributed by atoms with Crippen LogP contribution in [-0.4, -0.2) is 11.7 Å². The van der Waals surface area contributed by atoms with Gasteiger partial charge >= 0.3 is 0 Å². The lowest BCUT2D eigenvalue weighted by Crippen LogP contribution is -2.05. The number of hydrogen-bond donors (Lipinski definition) is 1. The highest BCUT2D eigenvalue weighted by molar-refractivity contribution is 5.91. The molecule has 0 amide bonds. The standard InChI is InChI=1S/C28H26O2/c29-27(24-13-5-2-6-14-24)20-21-30-28-19-18-23(25-16-7-8-17-26(25)28)15-9-12-22-10-3-1-4-11-22/h1-14,16-19,27,29H,15,20-21H2/b12-9+. The Hall–Kier alpha value is -3.36. The number of rotatable bonds is 8. The average molecular weight is 395 g/mol. The molecule has 2 nitrogen and oxygen atoms in total. The van der Waals surface area contributed by atoms with Crippen LogP contribution in [0.5, 0.6) is 5.75 Å². The molecule has 0 heterocycles. The van der Waals surface area contributed by atoms with Crippen molar-refractivity contribution in [3.8, 4) is 5.75 Å². The van der Waals surface area contributed by atoms with Crippen molar-refractivity contribution in [1.82, 2.24) is 0 Å². The van der Waals surface area contributed by atoms with Gasteiger partial charge in [-0.05, 0) is 34.6 Å². The van der Waals surface area contributed by atoms with Crippen LogP contribution < -0.4 is 4.74 Å². The third-order valence-electron chi connectivity index (χ3n) is 5.26. The first-order valence-corrected chi connectivity index (χ1v) is 10.4. The van der Waals surface area contributed by atoms with E-state index in [0.717, 1.165) is 23.1 Å². The van der Waals surface area contributed by atoms with Crippen molar-refractivity contribution in [1.29, 1.82) is 0 Å². The van der Waals surface area contributed by atoms with Gasteiger partial charge in [0.25, 0.3) is 0 Å². The highest BCUT2D eigenvalue weighted by Gasteiger charge is 2.09. The quantitative estimate of drug-likeness (QED) is 0.365. The first-order chi connectivity index (χ1) is 14.8. The van der Waals surface area contributed by atoms with Crippen LogP contribution in [-0.2, 0) is 6.42 Å². The monoisotopic (exact) mass is 394 g/mol. The van der Waals surface area contributed by atoms with E-state index < -0.39 is 6.10 Å². The van der Waals surface area contributed by atoms with E-state index in [2.05, 4.69) is 60.7 Å². The van der Waals surface area contributed by atoms with Gasteiger partial charge in [0, 0.05) is 11.8 Å². The van der Waals surface area contributed by atoms with E-state index in [-0.39, 0.29) is 0 Å². The molecule has 0 aliphatic carbocycles. The number of hydrogen-bond acceptors (Lipinski definition) is 2. The summed E-state index contributed by atoms with van der Waals surface area (Å²) in [5.74, 6) is 0.863. The average Bonchev–Trinajstić information content (AvgIpc) is 2.81. The summed E-state index contributed by atoms with van der Waals surface area (Å²) < 4.78 is 6.06. The van der Waals surface area contributed by atoms with E-state index in [4.69, 9.17) is 4.74 Å². The van der Waals surface area contributed by atoms with Gasteiger partial charge in [-0.2, -0.15) is 0 Å². The van der Waals surface area contributed by atoms with Crippen LogP contribution in [0.2, 0.25) is 0 Å². The molecule has 150 valence electrons. The minimum absolute atomic E-state index is 0.466. The predicted octanol–water partition coefficient (Wildman–Crippen LogP) is 6.60. The molecule has 4 rings (SSSR count). The molecule has 0 aliphatic rings. The Bertz CT molecular complexity index is 1100. The van der Waals surface area contributed by atoms with Crippen molar-refractivity contribution in [2.45, 2.75) is 18.9 Å². The molecule has 1 atom stereocenters. The number of allylic oxidation sites excluding steroid dienone is 1. The number of fused-ring (bicyclic) bond motifs is 1. The fraction of sp³-hybridized carbons (Fsp3) is 0.143. The minimum atomic E-state index is -0.514. The Morgan fingerprint density at radius 3 is 2.17 bits per heavy atom. The van der Waals surface area contributed by atoms with Crippen LogP contribution >= 0.6 is 0 Å². The van der Waals surface area contributed by atoms with Gasteiger partial charge in [0.1, 0.15) is 5.75 Å². The van der Waals surface area contributed by atoms with Gasteiger partial charge in [0.2, 0.25) is 0 Å². The van der Waals surface area contributed by atoms with Crippen LogP contribution in [0.1, 0.15) is 29.2 Å². The third kappa shape index (κ3) is 4.97. The summed E-state index contributed by atoms with van der Waals surface area (Å²) in [4.78, 5) is 0. The highest BCUT2D eigenvalue weighted by atomic mass is 16.5. The molecule has 0 aliphatic heterocycles. The zero-order valence-corrected chi connectivity index (χ0v) is 16.9. The van der Waals surface area contributed by atoms with Gasteiger partial charge in [-0.1, -0.05) is 103 Å². The molecule has 0 fully saturated rings. The summed E-state index contributed by atoms with van der Waals surface area (Å²) in [6.45, 7) is 0.466. The molecule has 0 bridgehead atoms. The fourth-order valence-corrected chi connectivity index (χ4v) is 3.65. The van der Waals surface area contributed by atoms with Crippen LogP contribution in [0.4, 0.5) is 0 Å². The molecule has 1 unspecified atom stereocenters. The van der Waals surface area contributed by atoms with E-state index in [1.165, 1.54) is 16.5 Å². The number of aliphatic hydroxyl groups excluding tert-OH is 1. The maximum Gasteiger partial charge on any atom is 0.127 e. The lowest BCUT2D eigenvalue weighted by Gasteiger charge is -2.14. The molecule has 0 aromatic heterocycles. The van der Waals surface area contributed by atoms with E-state index in [1.54, 1.807) is 0 Å². The van der Waals surface area contributed by atoms with Gasteiger partial charge in [0.15, 0.2) is 0 Å². The van der Waals surface area contributed by atoms with E-state index in [9.17, 15) is 5.11 Å². The Labute approximate surface area is 178 Å². The smallest absolute Gasteiger partial charge is 0.127 e. The Morgan fingerprint density at radius 1 is 0.733 bits per heavy atom. The van der Waals surface area contributed by atoms with Gasteiger partial charge in [-0.15, -0.1) is 0 Å². The van der Waals surface area contributed by atoms with Gasteiger partial charge in [-0.25, -0.2) is 0 Å². The zero-order chi connectivity index (χ0) is 20.6. The summed E-state index contributed by atoms with van der Waals surface area (Å²) in [7, 11) is 0. The Kier molecular flexibility index (Phi) is 6.58. The van der Waals surface area contributed by atoms with Gasteiger partial charge in [0.05, 0.1) is 12.7 Å².